The fourth-order valence-corrected chi connectivity index (χ4v) is 1.65. The van der Waals surface area contributed by atoms with Crippen LogP contribution in [0.1, 0.15) is 25.7 Å². The third-order valence-electron chi connectivity index (χ3n) is 1.91. The lowest BCUT2D eigenvalue weighted by atomic mass is 9.90. The van der Waals surface area contributed by atoms with Gasteiger partial charge >= 0.3 is 0 Å². The maximum absolute atomic E-state index is 5.93. The summed E-state index contributed by atoms with van der Waals surface area (Å²) >= 11 is 11.9. The van der Waals surface area contributed by atoms with Gasteiger partial charge in [-0.3, -0.25) is 0 Å². The molecule has 1 unspecified atom stereocenters. The second kappa shape index (κ2) is 2.67. The number of halogens is 2. The monoisotopic (exact) mass is 165 g/mol. The van der Waals surface area contributed by atoms with Crippen molar-refractivity contribution in [3.63, 3.8) is 0 Å². The van der Waals surface area contributed by atoms with Crippen LogP contribution in [-0.4, -0.2) is 4.33 Å². The molecule has 1 rings (SSSR count). The SMILES string of the molecule is [CH2]C1CCCCC1(Cl)Cl. The molecule has 1 radical (unpaired) electrons. The van der Waals surface area contributed by atoms with Gasteiger partial charge in [-0.1, -0.05) is 12.8 Å². The zero-order valence-electron chi connectivity index (χ0n) is 5.37. The zero-order valence-corrected chi connectivity index (χ0v) is 6.88. The smallest absolute Gasteiger partial charge is 0.101 e. The minimum absolute atomic E-state index is 0.231. The Hall–Kier alpha value is 0.580. The standard InChI is InChI=1S/C7H11Cl2/c1-6-4-2-3-5-7(6,8)9/h6H,1-5H2. The van der Waals surface area contributed by atoms with Crippen LogP contribution in [-0.2, 0) is 0 Å². The molecule has 0 aromatic rings. The summed E-state index contributed by atoms with van der Waals surface area (Å²) in [5, 5.41) is 0. The van der Waals surface area contributed by atoms with E-state index < -0.39 is 4.33 Å². The van der Waals surface area contributed by atoms with E-state index in [1.165, 1.54) is 6.42 Å². The van der Waals surface area contributed by atoms with Gasteiger partial charge in [-0.05, 0) is 25.7 Å². The van der Waals surface area contributed by atoms with Crippen molar-refractivity contribution in [3.8, 4) is 0 Å². The van der Waals surface area contributed by atoms with E-state index >= 15 is 0 Å². The molecule has 1 aliphatic rings. The van der Waals surface area contributed by atoms with Gasteiger partial charge in [0.25, 0.3) is 0 Å². The topological polar surface area (TPSA) is 0 Å². The average molecular weight is 166 g/mol. The van der Waals surface area contributed by atoms with Crippen molar-refractivity contribution in [3.05, 3.63) is 6.92 Å². The lowest BCUT2D eigenvalue weighted by Crippen LogP contribution is -2.26. The first-order chi connectivity index (χ1) is 4.13. The Morgan fingerprint density at radius 1 is 1.33 bits per heavy atom. The minimum Gasteiger partial charge on any atom is -0.101 e. The van der Waals surface area contributed by atoms with E-state index in [2.05, 4.69) is 6.92 Å². The summed E-state index contributed by atoms with van der Waals surface area (Å²) in [7, 11) is 0. The summed E-state index contributed by atoms with van der Waals surface area (Å²) in [5.41, 5.74) is 0. The van der Waals surface area contributed by atoms with Crippen LogP contribution in [0.15, 0.2) is 0 Å². The Balaban J connectivity index is 2.49. The number of rotatable bonds is 0. The van der Waals surface area contributed by atoms with Gasteiger partial charge in [0, 0.05) is 0 Å². The minimum atomic E-state index is -0.530. The number of hydrogen-bond donors (Lipinski definition) is 0. The van der Waals surface area contributed by atoms with Crippen LogP contribution in [0.4, 0.5) is 0 Å². The molecule has 0 spiro atoms. The van der Waals surface area contributed by atoms with Crippen molar-refractivity contribution in [1.82, 2.24) is 0 Å². The molecule has 0 bridgehead atoms. The lowest BCUT2D eigenvalue weighted by molar-refractivity contribution is 0.392. The summed E-state index contributed by atoms with van der Waals surface area (Å²) in [6.07, 6.45) is 4.37. The predicted molar refractivity (Wildman–Crippen MR) is 41.8 cm³/mol. The van der Waals surface area contributed by atoms with Crippen LogP contribution in [0.2, 0.25) is 0 Å². The van der Waals surface area contributed by atoms with Crippen LogP contribution >= 0.6 is 23.2 Å². The molecule has 0 amide bonds. The highest BCUT2D eigenvalue weighted by Crippen LogP contribution is 2.41. The maximum atomic E-state index is 5.93. The molecule has 0 heterocycles. The third kappa shape index (κ3) is 1.75. The molecule has 2 heteroatoms. The summed E-state index contributed by atoms with van der Waals surface area (Å²) in [6.45, 7) is 3.89. The highest BCUT2D eigenvalue weighted by atomic mass is 35.5. The molecule has 0 aliphatic heterocycles. The fourth-order valence-electron chi connectivity index (χ4n) is 1.17. The summed E-state index contributed by atoms with van der Waals surface area (Å²) in [5.74, 6) is 0.231. The van der Waals surface area contributed by atoms with E-state index in [0.29, 0.717) is 0 Å². The van der Waals surface area contributed by atoms with Gasteiger partial charge in [0.15, 0.2) is 0 Å². The van der Waals surface area contributed by atoms with E-state index in [9.17, 15) is 0 Å². The highest BCUT2D eigenvalue weighted by molar-refractivity contribution is 6.48. The quantitative estimate of drug-likeness (QED) is 0.485. The van der Waals surface area contributed by atoms with Crippen molar-refractivity contribution in [2.24, 2.45) is 5.92 Å². The van der Waals surface area contributed by atoms with E-state index in [0.717, 1.165) is 19.3 Å². The van der Waals surface area contributed by atoms with Crippen molar-refractivity contribution in [2.45, 2.75) is 30.0 Å². The molecule has 1 fully saturated rings. The first-order valence-corrected chi connectivity index (χ1v) is 4.09. The van der Waals surface area contributed by atoms with Crippen molar-refractivity contribution < 1.29 is 0 Å². The number of alkyl halides is 2. The van der Waals surface area contributed by atoms with Crippen LogP contribution in [0.3, 0.4) is 0 Å². The molecule has 1 atom stereocenters. The van der Waals surface area contributed by atoms with Gasteiger partial charge in [-0.15, -0.1) is 23.2 Å². The van der Waals surface area contributed by atoms with Crippen molar-refractivity contribution >= 4 is 23.2 Å². The first-order valence-electron chi connectivity index (χ1n) is 3.34. The molecule has 1 aliphatic carbocycles. The number of hydrogen-bond acceptors (Lipinski definition) is 0. The first kappa shape index (κ1) is 7.68. The molecule has 0 N–H and O–H groups in total. The Morgan fingerprint density at radius 3 is 2.33 bits per heavy atom. The van der Waals surface area contributed by atoms with Gasteiger partial charge in [0.1, 0.15) is 4.33 Å². The van der Waals surface area contributed by atoms with Crippen LogP contribution in [0, 0.1) is 12.8 Å². The predicted octanol–water partition coefficient (Wildman–Crippen LogP) is 3.18. The van der Waals surface area contributed by atoms with E-state index in [1.807, 2.05) is 0 Å². The van der Waals surface area contributed by atoms with Crippen LogP contribution in [0.5, 0.6) is 0 Å². The Bertz CT molecular complexity index is 99.1. The van der Waals surface area contributed by atoms with E-state index in [-0.39, 0.29) is 5.92 Å². The van der Waals surface area contributed by atoms with Gasteiger partial charge < -0.3 is 0 Å². The molecule has 0 aromatic heterocycles. The molecular formula is C7H11Cl2. The zero-order chi connectivity index (χ0) is 6.91. The maximum Gasteiger partial charge on any atom is 0.121 e. The Labute approximate surface area is 66.5 Å². The second-order valence-corrected chi connectivity index (χ2v) is 4.25. The summed E-state index contributed by atoms with van der Waals surface area (Å²) < 4.78 is -0.530. The Morgan fingerprint density at radius 2 is 2.00 bits per heavy atom. The van der Waals surface area contributed by atoms with E-state index in [4.69, 9.17) is 23.2 Å². The second-order valence-electron chi connectivity index (χ2n) is 2.70. The normalized spacial score (nSPS) is 34.3. The van der Waals surface area contributed by atoms with E-state index in [1.54, 1.807) is 0 Å². The van der Waals surface area contributed by atoms with Gasteiger partial charge in [0.2, 0.25) is 0 Å². The van der Waals surface area contributed by atoms with Gasteiger partial charge in [0.05, 0.1) is 0 Å². The summed E-state index contributed by atoms with van der Waals surface area (Å²) in [4.78, 5) is 0. The average Bonchev–Trinajstić information content (AvgIpc) is 1.77. The molecule has 0 aromatic carbocycles. The fraction of sp³-hybridized carbons (Fsp3) is 0.857. The molecule has 9 heavy (non-hydrogen) atoms. The van der Waals surface area contributed by atoms with Crippen molar-refractivity contribution in [1.29, 1.82) is 0 Å². The highest BCUT2D eigenvalue weighted by Gasteiger charge is 2.33. The molecule has 1 saturated carbocycles. The molecule has 0 nitrogen and oxygen atoms in total. The molecule has 53 valence electrons. The summed E-state index contributed by atoms with van der Waals surface area (Å²) in [6, 6.07) is 0. The van der Waals surface area contributed by atoms with Crippen LogP contribution in [0.25, 0.3) is 0 Å². The molecular weight excluding hydrogens is 155 g/mol. The Kier molecular flexibility index (Phi) is 2.28. The molecule has 0 saturated heterocycles. The van der Waals surface area contributed by atoms with Crippen LogP contribution < -0.4 is 0 Å². The largest absolute Gasteiger partial charge is 0.121 e. The van der Waals surface area contributed by atoms with Gasteiger partial charge in [-0.2, -0.15) is 0 Å². The van der Waals surface area contributed by atoms with Gasteiger partial charge in [-0.25, -0.2) is 0 Å². The van der Waals surface area contributed by atoms with Crippen molar-refractivity contribution in [2.75, 3.05) is 0 Å². The lowest BCUT2D eigenvalue weighted by Gasteiger charge is -2.31. The third-order valence-corrected chi connectivity index (χ3v) is 2.91.